The first-order valence-corrected chi connectivity index (χ1v) is 11.1. The molecule has 0 aromatic heterocycles. The van der Waals surface area contributed by atoms with Crippen molar-refractivity contribution in [3.8, 4) is 0 Å². The van der Waals surface area contributed by atoms with Crippen molar-refractivity contribution in [1.82, 2.24) is 4.90 Å². The molecule has 2 aliphatic heterocycles. The number of nitrogens with zero attached hydrogens (tertiary/aromatic N) is 2. The molecule has 2 heterocycles. The number of carbonyl (C=O) groups excluding carboxylic acids is 1. The molecule has 0 spiro atoms. The SMILES string of the molecule is O=C(O)COCC(=O)N=C1S[C@H]2CS(=O)(=O)C[C@@H]2N1Cc1ccccc1Cl. The van der Waals surface area contributed by atoms with Gasteiger partial charge in [0.05, 0.1) is 17.5 Å². The first-order chi connectivity index (χ1) is 12.7. The van der Waals surface area contributed by atoms with Crippen LogP contribution in [-0.4, -0.2) is 71.5 Å². The van der Waals surface area contributed by atoms with Crippen LogP contribution < -0.4 is 0 Å². The van der Waals surface area contributed by atoms with Gasteiger partial charge in [0.15, 0.2) is 15.0 Å². The van der Waals surface area contributed by atoms with Crippen LogP contribution in [0.2, 0.25) is 5.02 Å². The summed E-state index contributed by atoms with van der Waals surface area (Å²) in [5, 5.41) is 9.29. The monoisotopic (exact) mass is 432 g/mol. The number of amides is 1. The molecule has 0 saturated carbocycles. The maximum absolute atomic E-state index is 12.0. The lowest BCUT2D eigenvalue weighted by atomic mass is 10.1. The minimum atomic E-state index is -3.14. The zero-order chi connectivity index (χ0) is 19.6. The summed E-state index contributed by atoms with van der Waals surface area (Å²) in [7, 11) is -3.14. The number of halogens is 1. The van der Waals surface area contributed by atoms with Crippen molar-refractivity contribution in [2.24, 2.45) is 4.99 Å². The zero-order valence-electron chi connectivity index (χ0n) is 14.1. The molecule has 0 aliphatic carbocycles. The quantitative estimate of drug-likeness (QED) is 0.709. The lowest BCUT2D eigenvalue weighted by molar-refractivity contribution is -0.143. The van der Waals surface area contributed by atoms with Gasteiger partial charge in [-0.1, -0.05) is 41.6 Å². The van der Waals surface area contributed by atoms with Gasteiger partial charge in [-0.05, 0) is 11.6 Å². The van der Waals surface area contributed by atoms with Crippen molar-refractivity contribution in [2.45, 2.75) is 17.8 Å². The minimum Gasteiger partial charge on any atom is -0.480 e. The molecule has 2 fully saturated rings. The van der Waals surface area contributed by atoms with Gasteiger partial charge in [0.1, 0.15) is 13.2 Å². The van der Waals surface area contributed by atoms with E-state index in [0.29, 0.717) is 16.7 Å². The van der Waals surface area contributed by atoms with Gasteiger partial charge in [0.25, 0.3) is 5.91 Å². The second kappa shape index (κ2) is 8.17. The fourth-order valence-electron chi connectivity index (χ4n) is 3.00. The van der Waals surface area contributed by atoms with Crippen LogP contribution in [0.1, 0.15) is 5.56 Å². The second-order valence-electron chi connectivity index (χ2n) is 6.19. The maximum Gasteiger partial charge on any atom is 0.329 e. The number of hydrogen-bond acceptors (Lipinski definition) is 6. The van der Waals surface area contributed by atoms with Crippen molar-refractivity contribution >= 4 is 50.2 Å². The number of fused-ring (bicyclic) bond motifs is 1. The van der Waals surface area contributed by atoms with Crippen molar-refractivity contribution in [3.63, 3.8) is 0 Å². The average molecular weight is 433 g/mol. The van der Waals surface area contributed by atoms with Gasteiger partial charge in [0.2, 0.25) is 0 Å². The predicted molar refractivity (Wildman–Crippen MR) is 102 cm³/mol. The topological polar surface area (TPSA) is 113 Å². The molecule has 2 atom stereocenters. The van der Waals surface area contributed by atoms with E-state index >= 15 is 0 Å². The Morgan fingerprint density at radius 3 is 2.74 bits per heavy atom. The molecule has 2 aliphatic rings. The lowest BCUT2D eigenvalue weighted by Gasteiger charge is -2.24. The Labute approximate surface area is 165 Å². The molecule has 8 nitrogen and oxygen atoms in total. The third-order valence-corrected chi connectivity index (χ3v) is 7.76. The summed E-state index contributed by atoms with van der Waals surface area (Å²) in [5.74, 6) is -1.77. The summed E-state index contributed by atoms with van der Waals surface area (Å²) in [6.07, 6.45) is 0. The second-order valence-corrected chi connectivity index (χ2v) is 9.96. The molecule has 27 heavy (non-hydrogen) atoms. The zero-order valence-corrected chi connectivity index (χ0v) is 16.5. The standard InChI is InChI=1S/C16H17ClN2O6S2/c17-11-4-2-1-3-10(11)5-19-12-8-27(23,24)9-13(12)26-16(19)18-14(20)6-25-7-15(21)22/h1-4,12-13H,5-9H2,(H,21,22)/t12-,13-/m0/s1. The molecule has 146 valence electrons. The maximum atomic E-state index is 12.0. The minimum absolute atomic E-state index is 0.00214. The molecule has 1 N–H and O–H groups in total. The van der Waals surface area contributed by atoms with Gasteiger partial charge in [-0.2, -0.15) is 4.99 Å². The number of carbonyl (C=O) groups is 2. The highest BCUT2D eigenvalue weighted by atomic mass is 35.5. The third kappa shape index (κ3) is 5.01. The highest BCUT2D eigenvalue weighted by molar-refractivity contribution is 8.15. The Hall–Kier alpha value is -1.62. The molecule has 1 aromatic carbocycles. The molecule has 0 radical (unpaired) electrons. The number of carboxylic acids is 1. The van der Waals surface area contributed by atoms with E-state index in [-0.39, 0.29) is 22.8 Å². The Bertz CT molecular complexity index is 889. The number of carboxylic acid groups (broad SMARTS) is 1. The van der Waals surface area contributed by atoms with Gasteiger partial charge in [-0.15, -0.1) is 0 Å². The van der Waals surface area contributed by atoms with E-state index in [9.17, 15) is 18.0 Å². The summed E-state index contributed by atoms with van der Waals surface area (Å²) in [5.41, 5.74) is 0.798. The number of hydrogen-bond donors (Lipinski definition) is 1. The van der Waals surface area contributed by atoms with Gasteiger partial charge in [0, 0.05) is 16.8 Å². The number of sulfone groups is 1. The molecule has 2 saturated heterocycles. The van der Waals surface area contributed by atoms with Crippen LogP contribution in [0.5, 0.6) is 0 Å². The molecular formula is C16H17ClN2O6S2. The number of thioether (sulfide) groups is 1. The van der Waals surface area contributed by atoms with Crippen LogP contribution in [0.15, 0.2) is 29.3 Å². The molecule has 0 bridgehead atoms. The van der Waals surface area contributed by atoms with Crippen LogP contribution in [0.25, 0.3) is 0 Å². The summed E-state index contributed by atoms with van der Waals surface area (Å²) < 4.78 is 28.8. The number of aliphatic imine (C=N–C) groups is 1. The first-order valence-electron chi connectivity index (χ1n) is 8.03. The molecular weight excluding hydrogens is 416 g/mol. The number of aliphatic carboxylic acids is 1. The van der Waals surface area contributed by atoms with E-state index in [1.54, 1.807) is 17.0 Å². The van der Waals surface area contributed by atoms with E-state index < -0.39 is 34.9 Å². The predicted octanol–water partition coefficient (Wildman–Crippen LogP) is 1.04. The fourth-order valence-corrected chi connectivity index (χ4v) is 7.16. The van der Waals surface area contributed by atoms with Gasteiger partial charge in [-0.3, -0.25) is 4.79 Å². The van der Waals surface area contributed by atoms with Crippen LogP contribution in [0.3, 0.4) is 0 Å². The van der Waals surface area contributed by atoms with E-state index in [2.05, 4.69) is 4.99 Å². The van der Waals surface area contributed by atoms with E-state index in [0.717, 1.165) is 5.56 Å². The fraction of sp³-hybridized carbons (Fsp3) is 0.438. The van der Waals surface area contributed by atoms with Crippen molar-refractivity contribution in [3.05, 3.63) is 34.9 Å². The molecule has 11 heteroatoms. The van der Waals surface area contributed by atoms with Gasteiger partial charge >= 0.3 is 5.97 Å². The highest BCUT2D eigenvalue weighted by Gasteiger charge is 2.48. The van der Waals surface area contributed by atoms with Crippen LogP contribution >= 0.6 is 23.4 Å². The lowest BCUT2D eigenvalue weighted by Crippen LogP contribution is -2.37. The van der Waals surface area contributed by atoms with E-state index in [4.69, 9.17) is 21.4 Å². The average Bonchev–Trinajstić information content (AvgIpc) is 3.01. The largest absolute Gasteiger partial charge is 0.480 e. The molecule has 0 unspecified atom stereocenters. The Morgan fingerprint density at radius 1 is 1.30 bits per heavy atom. The number of ether oxygens (including phenoxy) is 1. The molecule has 1 aromatic rings. The Balaban J connectivity index is 1.79. The number of rotatable bonds is 6. The summed E-state index contributed by atoms with van der Waals surface area (Å²) in [6.45, 7) is -0.716. The Kier molecular flexibility index (Phi) is 6.09. The van der Waals surface area contributed by atoms with Crippen LogP contribution in [0.4, 0.5) is 0 Å². The van der Waals surface area contributed by atoms with Crippen molar-refractivity contribution < 1.29 is 27.9 Å². The van der Waals surface area contributed by atoms with Crippen molar-refractivity contribution in [1.29, 1.82) is 0 Å². The summed E-state index contributed by atoms with van der Waals surface area (Å²) in [4.78, 5) is 28.3. The van der Waals surface area contributed by atoms with Gasteiger partial charge in [-0.25, -0.2) is 13.2 Å². The molecule has 3 rings (SSSR count). The van der Waals surface area contributed by atoms with Crippen molar-refractivity contribution in [2.75, 3.05) is 24.7 Å². The molecule has 1 amide bonds. The van der Waals surface area contributed by atoms with Crippen LogP contribution in [-0.2, 0) is 30.7 Å². The Morgan fingerprint density at radius 2 is 2.04 bits per heavy atom. The number of benzene rings is 1. The van der Waals surface area contributed by atoms with Gasteiger partial charge < -0.3 is 14.7 Å². The van der Waals surface area contributed by atoms with E-state index in [1.165, 1.54) is 11.8 Å². The number of amidine groups is 1. The smallest absolute Gasteiger partial charge is 0.329 e. The normalized spacial score (nSPS) is 24.9. The summed E-state index contributed by atoms with van der Waals surface area (Å²) in [6, 6.07) is 6.91. The highest BCUT2D eigenvalue weighted by Crippen LogP contribution is 2.39. The van der Waals surface area contributed by atoms with E-state index in [1.807, 2.05) is 12.1 Å². The summed E-state index contributed by atoms with van der Waals surface area (Å²) >= 11 is 7.46. The third-order valence-electron chi connectivity index (χ3n) is 4.14. The first kappa shape index (κ1) is 20.1. The van der Waals surface area contributed by atoms with Crippen LogP contribution in [0, 0.1) is 0 Å².